The molecule has 1 aliphatic rings. The number of hydrogen-bond donors (Lipinski definition) is 1. The van der Waals surface area contributed by atoms with E-state index < -0.39 is 0 Å². The van der Waals surface area contributed by atoms with E-state index in [2.05, 4.69) is 35.5 Å². The van der Waals surface area contributed by atoms with Gasteiger partial charge in [-0.2, -0.15) is 5.10 Å². The molecule has 4 heteroatoms. The van der Waals surface area contributed by atoms with Crippen molar-refractivity contribution in [2.24, 2.45) is 7.05 Å². The van der Waals surface area contributed by atoms with E-state index in [0.29, 0.717) is 12.1 Å². The summed E-state index contributed by atoms with van der Waals surface area (Å²) in [6, 6.07) is 1.03. The molecule has 4 nitrogen and oxygen atoms in total. The number of nitrogens with one attached hydrogen (secondary N) is 1. The van der Waals surface area contributed by atoms with Gasteiger partial charge in [0.15, 0.2) is 0 Å². The van der Waals surface area contributed by atoms with Gasteiger partial charge in [0.2, 0.25) is 0 Å². The molecule has 0 amide bonds. The van der Waals surface area contributed by atoms with Gasteiger partial charge < -0.3 is 10.2 Å². The summed E-state index contributed by atoms with van der Waals surface area (Å²) in [5.41, 5.74) is 1.27. The SMILES string of the molecule is C[C@H](N[C@H]1CCN(C)C1)c1cnn(C)c1. The molecule has 1 fully saturated rings. The van der Waals surface area contributed by atoms with Crippen molar-refractivity contribution in [1.82, 2.24) is 20.0 Å². The third-order valence-electron chi connectivity index (χ3n) is 3.10. The largest absolute Gasteiger partial charge is 0.306 e. The zero-order valence-electron chi connectivity index (χ0n) is 9.77. The second-order valence-electron chi connectivity index (χ2n) is 4.58. The molecule has 0 saturated carbocycles. The maximum Gasteiger partial charge on any atom is 0.0537 e. The van der Waals surface area contributed by atoms with Crippen LogP contribution in [0, 0.1) is 0 Å². The summed E-state index contributed by atoms with van der Waals surface area (Å²) in [6.45, 7) is 4.57. The van der Waals surface area contributed by atoms with Crippen molar-refractivity contribution in [1.29, 1.82) is 0 Å². The molecule has 0 aromatic carbocycles. The Bertz CT molecular complexity index is 320. The maximum atomic E-state index is 4.19. The lowest BCUT2D eigenvalue weighted by atomic mass is 10.1. The Kier molecular flexibility index (Phi) is 3.07. The fraction of sp³-hybridized carbons (Fsp3) is 0.727. The van der Waals surface area contributed by atoms with E-state index in [1.165, 1.54) is 18.5 Å². The van der Waals surface area contributed by atoms with Crippen LogP contribution in [-0.2, 0) is 7.05 Å². The zero-order valence-corrected chi connectivity index (χ0v) is 9.77. The summed E-state index contributed by atoms with van der Waals surface area (Å²) in [5, 5.41) is 7.84. The van der Waals surface area contributed by atoms with E-state index in [1.54, 1.807) is 0 Å². The summed E-state index contributed by atoms with van der Waals surface area (Å²) < 4.78 is 1.86. The smallest absolute Gasteiger partial charge is 0.0537 e. The zero-order chi connectivity index (χ0) is 10.8. The van der Waals surface area contributed by atoms with E-state index in [0.717, 1.165) is 6.54 Å². The third-order valence-corrected chi connectivity index (χ3v) is 3.10. The first-order valence-electron chi connectivity index (χ1n) is 5.58. The van der Waals surface area contributed by atoms with Gasteiger partial charge in [-0.1, -0.05) is 0 Å². The average molecular weight is 208 g/mol. The molecule has 2 heterocycles. The van der Waals surface area contributed by atoms with Crippen molar-refractivity contribution in [2.75, 3.05) is 20.1 Å². The number of rotatable bonds is 3. The number of nitrogens with zero attached hydrogens (tertiary/aromatic N) is 3. The Labute approximate surface area is 91.3 Å². The lowest BCUT2D eigenvalue weighted by molar-refractivity contribution is 0.387. The fourth-order valence-electron chi connectivity index (χ4n) is 2.18. The molecule has 0 aliphatic carbocycles. The second-order valence-corrected chi connectivity index (χ2v) is 4.58. The van der Waals surface area contributed by atoms with Gasteiger partial charge in [0, 0.05) is 37.4 Å². The molecule has 15 heavy (non-hydrogen) atoms. The predicted octanol–water partition coefficient (Wildman–Crippen LogP) is 0.775. The van der Waals surface area contributed by atoms with Crippen LogP contribution in [-0.4, -0.2) is 40.9 Å². The molecule has 2 atom stereocenters. The van der Waals surface area contributed by atoms with E-state index in [9.17, 15) is 0 Å². The molecule has 0 spiro atoms. The van der Waals surface area contributed by atoms with Crippen LogP contribution in [0.1, 0.15) is 24.9 Å². The fourth-order valence-corrected chi connectivity index (χ4v) is 2.18. The molecule has 0 unspecified atom stereocenters. The molecule has 0 radical (unpaired) electrons. The average Bonchev–Trinajstić information content (AvgIpc) is 2.75. The highest BCUT2D eigenvalue weighted by atomic mass is 15.2. The minimum atomic E-state index is 0.398. The van der Waals surface area contributed by atoms with Gasteiger partial charge in [-0.25, -0.2) is 0 Å². The van der Waals surface area contributed by atoms with Gasteiger partial charge in [0.05, 0.1) is 6.20 Å². The molecule has 1 aromatic rings. The van der Waals surface area contributed by atoms with Crippen molar-refractivity contribution >= 4 is 0 Å². The Hall–Kier alpha value is -0.870. The van der Waals surface area contributed by atoms with Gasteiger partial charge in [-0.05, 0) is 26.9 Å². The quantitative estimate of drug-likeness (QED) is 0.796. The van der Waals surface area contributed by atoms with E-state index in [-0.39, 0.29) is 0 Å². The van der Waals surface area contributed by atoms with Crippen LogP contribution >= 0.6 is 0 Å². The molecule has 1 saturated heterocycles. The summed E-state index contributed by atoms with van der Waals surface area (Å²) >= 11 is 0. The monoisotopic (exact) mass is 208 g/mol. The van der Waals surface area contributed by atoms with Crippen LogP contribution in [0.2, 0.25) is 0 Å². The maximum absolute atomic E-state index is 4.19. The van der Waals surface area contributed by atoms with Gasteiger partial charge in [0.1, 0.15) is 0 Å². The first-order valence-corrected chi connectivity index (χ1v) is 5.58. The molecule has 1 aromatic heterocycles. The first-order chi connectivity index (χ1) is 7.15. The topological polar surface area (TPSA) is 33.1 Å². The van der Waals surface area contributed by atoms with Crippen LogP contribution < -0.4 is 5.32 Å². The molecular formula is C11H20N4. The Balaban J connectivity index is 1.89. The minimum Gasteiger partial charge on any atom is -0.306 e. The summed E-state index contributed by atoms with van der Waals surface area (Å²) in [5.74, 6) is 0. The Morgan fingerprint density at radius 3 is 2.87 bits per heavy atom. The third kappa shape index (κ3) is 2.58. The summed E-state index contributed by atoms with van der Waals surface area (Å²) in [4.78, 5) is 2.37. The Morgan fingerprint density at radius 2 is 2.33 bits per heavy atom. The minimum absolute atomic E-state index is 0.398. The van der Waals surface area contributed by atoms with Crippen LogP contribution in [0.15, 0.2) is 12.4 Å². The van der Waals surface area contributed by atoms with Crippen LogP contribution in [0.25, 0.3) is 0 Å². The summed E-state index contributed by atoms with van der Waals surface area (Å²) in [7, 11) is 4.13. The van der Waals surface area contributed by atoms with Crippen molar-refractivity contribution in [2.45, 2.75) is 25.4 Å². The molecule has 2 rings (SSSR count). The predicted molar refractivity (Wildman–Crippen MR) is 60.7 cm³/mol. The van der Waals surface area contributed by atoms with Gasteiger partial charge in [0.25, 0.3) is 0 Å². The van der Waals surface area contributed by atoms with E-state index in [1.807, 2.05) is 17.9 Å². The molecule has 1 N–H and O–H groups in total. The molecular weight excluding hydrogens is 188 g/mol. The highest BCUT2D eigenvalue weighted by Crippen LogP contribution is 2.15. The lowest BCUT2D eigenvalue weighted by Crippen LogP contribution is -2.33. The van der Waals surface area contributed by atoms with Gasteiger partial charge in [-0.15, -0.1) is 0 Å². The van der Waals surface area contributed by atoms with E-state index >= 15 is 0 Å². The highest BCUT2D eigenvalue weighted by molar-refractivity contribution is 5.09. The van der Waals surface area contributed by atoms with Gasteiger partial charge >= 0.3 is 0 Å². The molecule has 0 bridgehead atoms. The number of aryl methyl sites for hydroxylation is 1. The normalized spacial score (nSPS) is 24.6. The number of hydrogen-bond acceptors (Lipinski definition) is 3. The molecule has 84 valence electrons. The van der Waals surface area contributed by atoms with E-state index in [4.69, 9.17) is 0 Å². The first kappa shape index (κ1) is 10.6. The van der Waals surface area contributed by atoms with Gasteiger partial charge in [-0.3, -0.25) is 4.68 Å². The number of aromatic nitrogens is 2. The highest BCUT2D eigenvalue weighted by Gasteiger charge is 2.21. The summed E-state index contributed by atoms with van der Waals surface area (Å²) in [6.07, 6.45) is 5.27. The van der Waals surface area contributed by atoms with Crippen molar-refractivity contribution in [3.63, 3.8) is 0 Å². The second kappa shape index (κ2) is 4.33. The van der Waals surface area contributed by atoms with Crippen LogP contribution in [0.3, 0.4) is 0 Å². The lowest BCUT2D eigenvalue weighted by Gasteiger charge is -2.18. The van der Waals surface area contributed by atoms with Crippen molar-refractivity contribution in [3.05, 3.63) is 18.0 Å². The van der Waals surface area contributed by atoms with Crippen LogP contribution in [0.5, 0.6) is 0 Å². The van der Waals surface area contributed by atoms with Crippen LogP contribution in [0.4, 0.5) is 0 Å². The number of likely N-dealkylation sites (N-methyl/N-ethyl adjacent to an activating group) is 1. The van der Waals surface area contributed by atoms with Crippen molar-refractivity contribution in [3.8, 4) is 0 Å². The molecule has 1 aliphatic heterocycles. The Morgan fingerprint density at radius 1 is 1.53 bits per heavy atom. The standard InChI is InChI=1S/C11H20N4/c1-9(10-6-12-15(3)7-10)13-11-4-5-14(2)8-11/h6-7,9,11,13H,4-5,8H2,1-3H3/t9-,11-/m0/s1. The number of likely N-dealkylation sites (tertiary alicyclic amines) is 1. The van der Waals surface area contributed by atoms with Crippen molar-refractivity contribution < 1.29 is 0 Å².